The van der Waals surface area contributed by atoms with Crippen LogP contribution in [-0.4, -0.2) is 41.6 Å². The molecule has 108 valence electrons. The third-order valence-corrected chi connectivity index (χ3v) is 3.47. The molecule has 2 rings (SSSR count). The number of hydrogen-bond donors (Lipinski definition) is 2. The molecule has 0 bridgehead atoms. The van der Waals surface area contributed by atoms with Crippen LogP contribution in [0.1, 0.15) is 30.3 Å². The van der Waals surface area contributed by atoms with Gasteiger partial charge < -0.3 is 15.3 Å². The molecule has 1 aromatic heterocycles. The van der Waals surface area contributed by atoms with Gasteiger partial charge in [-0.2, -0.15) is 0 Å². The predicted octanol–water partition coefficient (Wildman–Crippen LogP) is 1.13. The van der Waals surface area contributed by atoms with Gasteiger partial charge in [-0.25, -0.2) is 4.98 Å². The number of aliphatic carboxylic acids is 1. The molecule has 0 spiro atoms. The zero-order valence-electron chi connectivity index (χ0n) is 11.5. The van der Waals surface area contributed by atoms with Crippen LogP contribution >= 0.6 is 0 Å². The zero-order chi connectivity index (χ0) is 14.5. The number of aromatic nitrogens is 1. The highest BCUT2D eigenvalue weighted by Gasteiger charge is 2.25. The minimum atomic E-state index is -0.728. The Balaban J connectivity index is 2.05. The van der Waals surface area contributed by atoms with Crippen molar-refractivity contribution >= 4 is 17.7 Å². The van der Waals surface area contributed by atoms with Crippen molar-refractivity contribution < 1.29 is 14.7 Å². The van der Waals surface area contributed by atoms with Gasteiger partial charge in [-0.15, -0.1) is 0 Å². The van der Waals surface area contributed by atoms with E-state index in [1.165, 1.54) is 0 Å². The monoisotopic (exact) mass is 277 g/mol. The summed E-state index contributed by atoms with van der Waals surface area (Å²) in [5.41, 5.74) is 0.393. The summed E-state index contributed by atoms with van der Waals surface area (Å²) in [7, 11) is 0. The smallest absolute Gasteiger partial charge is 0.306 e. The molecule has 20 heavy (non-hydrogen) atoms. The Labute approximate surface area is 117 Å². The van der Waals surface area contributed by atoms with Crippen molar-refractivity contribution in [2.75, 3.05) is 24.5 Å². The number of carbonyl (C=O) groups excluding carboxylic acids is 1. The highest BCUT2D eigenvalue weighted by atomic mass is 16.4. The van der Waals surface area contributed by atoms with Crippen molar-refractivity contribution in [2.24, 2.45) is 5.92 Å². The van der Waals surface area contributed by atoms with Gasteiger partial charge in [0.1, 0.15) is 11.5 Å². The predicted molar refractivity (Wildman–Crippen MR) is 74.8 cm³/mol. The van der Waals surface area contributed by atoms with Crippen molar-refractivity contribution in [3.05, 3.63) is 23.9 Å². The molecule has 1 saturated heterocycles. The van der Waals surface area contributed by atoms with Crippen LogP contribution in [0.5, 0.6) is 0 Å². The summed E-state index contributed by atoms with van der Waals surface area (Å²) in [6, 6.07) is 5.33. The van der Waals surface area contributed by atoms with Gasteiger partial charge in [0.25, 0.3) is 5.91 Å². The zero-order valence-corrected chi connectivity index (χ0v) is 11.5. The number of pyridine rings is 1. The van der Waals surface area contributed by atoms with Crippen molar-refractivity contribution in [3.8, 4) is 0 Å². The van der Waals surface area contributed by atoms with E-state index in [2.05, 4.69) is 10.3 Å². The average molecular weight is 277 g/mol. The maximum Gasteiger partial charge on any atom is 0.306 e. The molecule has 0 saturated carbocycles. The van der Waals surface area contributed by atoms with Crippen LogP contribution in [-0.2, 0) is 4.79 Å². The van der Waals surface area contributed by atoms with E-state index >= 15 is 0 Å². The standard InChI is InChI=1S/C14H19N3O3/c1-2-15-13(18)11-4-3-5-12(16-11)17-8-6-10(7-9-17)14(19)20/h3-5,10H,2,6-9H2,1H3,(H,15,18)(H,19,20). The first-order chi connectivity index (χ1) is 9.61. The lowest BCUT2D eigenvalue weighted by atomic mass is 9.97. The van der Waals surface area contributed by atoms with E-state index in [-0.39, 0.29) is 11.8 Å². The second-order valence-electron chi connectivity index (χ2n) is 4.84. The largest absolute Gasteiger partial charge is 0.481 e. The summed E-state index contributed by atoms with van der Waals surface area (Å²) in [6.07, 6.45) is 1.23. The molecule has 1 aliphatic rings. The average Bonchev–Trinajstić information content (AvgIpc) is 2.48. The SMILES string of the molecule is CCNC(=O)c1cccc(N2CCC(C(=O)O)CC2)n1. The second kappa shape index (κ2) is 6.36. The second-order valence-corrected chi connectivity index (χ2v) is 4.84. The maximum absolute atomic E-state index is 11.8. The van der Waals surface area contributed by atoms with Crippen LogP contribution in [0.4, 0.5) is 5.82 Å². The lowest BCUT2D eigenvalue weighted by molar-refractivity contribution is -0.142. The number of nitrogens with one attached hydrogen (secondary N) is 1. The van der Waals surface area contributed by atoms with Gasteiger partial charge in [0.15, 0.2) is 0 Å². The van der Waals surface area contributed by atoms with Gasteiger partial charge in [-0.1, -0.05) is 6.07 Å². The quantitative estimate of drug-likeness (QED) is 0.862. The van der Waals surface area contributed by atoms with Gasteiger partial charge in [-0.05, 0) is 31.9 Å². The molecule has 1 aromatic rings. The van der Waals surface area contributed by atoms with E-state index in [9.17, 15) is 9.59 Å². The van der Waals surface area contributed by atoms with E-state index in [0.717, 1.165) is 5.82 Å². The van der Waals surface area contributed by atoms with Gasteiger partial charge in [0.2, 0.25) is 0 Å². The normalized spacial score (nSPS) is 15.9. The molecule has 6 nitrogen and oxygen atoms in total. The van der Waals surface area contributed by atoms with Crippen LogP contribution < -0.4 is 10.2 Å². The molecule has 1 aliphatic heterocycles. The number of rotatable bonds is 4. The summed E-state index contributed by atoms with van der Waals surface area (Å²) in [6.45, 7) is 3.73. The van der Waals surface area contributed by atoms with Crippen molar-refractivity contribution in [3.63, 3.8) is 0 Å². The third-order valence-electron chi connectivity index (χ3n) is 3.47. The minimum Gasteiger partial charge on any atom is -0.481 e. The molecule has 6 heteroatoms. The number of carboxylic acids is 1. The molecule has 0 unspecified atom stereocenters. The van der Waals surface area contributed by atoms with E-state index in [1.54, 1.807) is 12.1 Å². The number of nitrogens with zero attached hydrogens (tertiary/aromatic N) is 2. The van der Waals surface area contributed by atoms with Crippen LogP contribution in [0.2, 0.25) is 0 Å². The molecule has 1 fully saturated rings. The summed E-state index contributed by atoms with van der Waals surface area (Å²) in [5.74, 6) is -0.445. The first-order valence-corrected chi connectivity index (χ1v) is 6.84. The molecule has 2 heterocycles. The number of anilines is 1. The summed E-state index contributed by atoms with van der Waals surface area (Å²) in [4.78, 5) is 29.1. The van der Waals surface area contributed by atoms with Crippen LogP contribution in [0.25, 0.3) is 0 Å². The fraction of sp³-hybridized carbons (Fsp3) is 0.500. The fourth-order valence-corrected chi connectivity index (χ4v) is 2.33. The Morgan fingerprint density at radius 1 is 1.40 bits per heavy atom. The molecule has 1 amide bonds. The van der Waals surface area contributed by atoms with Crippen LogP contribution in [0.15, 0.2) is 18.2 Å². The molecule has 0 radical (unpaired) electrons. The lowest BCUT2D eigenvalue weighted by Crippen LogP contribution is -2.37. The van der Waals surface area contributed by atoms with Crippen molar-refractivity contribution in [2.45, 2.75) is 19.8 Å². The summed E-state index contributed by atoms with van der Waals surface area (Å²) < 4.78 is 0. The Morgan fingerprint density at radius 2 is 2.10 bits per heavy atom. The van der Waals surface area contributed by atoms with Gasteiger partial charge in [0, 0.05) is 19.6 Å². The molecule has 0 atom stereocenters. The van der Waals surface area contributed by atoms with Crippen LogP contribution in [0.3, 0.4) is 0 Å². The van der Waals surface area contributed by atoms with Crippen molar-refractivity contribution in [1.82, 2.24) is 10.3 Å². The first kappa shape index (κ1) is 14.3. The summed E-state index contributed by atoms with van der Waals surface area (Å²) in [5, 5.41) is 11.7. The molecule has 0 aromatic carbocycles. The third kappa shape index (κ3) is 3.26. The number of carboxylic acid groups (broad SMARTS) is 1. The fourth-order valence-electron chi connectivity index (χ4n) is 2.33. The van der Waals surface area contributed by atoms with E-state index in [0.29, 0.717) is 38.2 Å². The summed E-state index contributed by atoms with van der Waals surface area (Å²) >= 11 is 0. The van der Waals surface area contributed by atoms with Crippen molar-refractivity contribution in [1.29, 1.82) is 0 Å². The van der Waals surface area contributed by atoms with E-state index < -0.39 is 5.97 Å². The minimum absolute atomic E-state index is 0.185. The molecular weight excluding hydrogens is 258 g/mol. The Hall–Kier alpha value is -2.11. The Bertz CT molecular complexity index is 496. The highest BCUT2D eigenvalue weighted by molar-refractivity contribution is 5.92. The van der Waals surface area contributed by atoms with E-state index in [4.69, 9.17) is 5.11 Å². The topological polar surface area (TPSA) is 82.5 Å². The molecular formula is C14H19N3O3. The first-order valence-electron chi connectivity index (χ1n) is 6.84. The number of carbonyl (C=O) groups is 2. The van der Waals surface area contributed by atoms with E-state index in [1.807, 2.05) is 17.9 Å². The lowest BCUT2D eigenvalue weighted by Gasteiger charge is -2.31. The number of piperidine rings is 1. The number of amides is 1. The highest BCUT2D eigenvalue weighted by Crippen LogP contribution is 2.22. The Morgan fingerprint density at radius 3 is 2.70 bits per heavy atom. The molecule has 0 aliphatic carbocycles. The van der Waals surface area contributed by atoms with Gasteiger partial charge in [0.05, 0.1) is 5.92 Å². The van der Waals surface area contributed by atoms with Crippen LogP contribution in [0, 0.1) is 5.92 Å². The molecule has 2 N–H and O–H groups in total. The Kier molecular flexibility index (Phi) is 4.55. The number of hydrogen-bond acceptors (Lipinski definition) is 4. The maximum atomic E-state index is 11.8. The van der Waals surface area contributed by atoms with Gasteiger partial charge >= 0.3 is 5.97 Å². The van der Waals surface area contributed by atoms with Gasteiger partial charge in [-0.3, -0.25) is 9.59 Å².